The molecule has 0 unspecified atom stereocenters. The number of aromatic nitrogens is 1. The average molecular weight is 299 g/mol. The van der Waals surface area contributed by atoms with E-state index in [9.17, 15) is 0 Å². The van der Waals surface area contributed by atoms with Crippen molar-refractivity contribution >= 4 is 17.5 Å². The van der Waals surface area contributed by atoms with Crippen molar-refractivity contribution in [1.82, 2.24) is 5.16 Å². The zero-order valence-corrected chi connectivity index (χ0v) is 12.6. The highest BCUT2D eigenvalue weighted by Gasteiger charge is 2.20. The van der Waals surface area contributed by atoms with Crippen molar-refractivity contribution in [1.29, 1.82) is 0 Å². The number of hydrogen-bond donors (Lipinski definition) is 1. The maximum Gasteiger partial charge on any atom is 0.230 e. The molecule has 21 heavy (non-hydrogen) atoms. The molecule has 0 atom stereocenters. The molecule has 2 N–H and O–H groups in total. The molecule has 0 aliphatic carbocycles. The Kier molecular flexibility index (Phi) is 3.43. The Balaban J connectivity index is 2.27. The van der Waals surface area contributed by atoms with E-state index in [1.54, 1.807) is 0 Å². The summed E-state index contributed by atoms with van der Waals surface area (Å²) in [6.45, 7) is 4.05. The summed E-state index contributed by atoms with van der Waals surface area (Å²) in [6.07, 6.45) is 0. The summed E-state index contributed by atoms with van der Waals surface area (Å²) in [5.74, 6) is 0.318. The number of anilines is 1. The van der Waals surface area contributed by atoms with Crippen LogP contribution in [0.1, 0.15) is 11.1 Å². The number of halogens is 1. The molecule has 3 aromatic rings. The Hall–Kier alpha value is -2.26. The molecule has 1 aromatic heterocycles. The smallest absolute Gasteiger partial charge is 0.230 e. The largest absolute Gasteiger partial charge is 0.367 e. The summed E-state index contributed by atoms with van der Waals surface area (Å²) >= 11 is 6.11. The van der Waals surface area contributed by atoms with E-state index in [-0.39, 0.29) is 0 Å². The normalized spacial score (nSPS) is 10.8. The minimum absolute atomic E-state index is 0.318. The van der Waals surface area contributed by atoms with Crippen LogP contribution >= 0.6 is 11.6 Å². The molecule has 0 radical (unpaired) electrons. The fourth-order valence-electron chi connectivity index (χ4n) is 2.45. The summed E-state index contributed by atoms with van der Waals surface area (Å²) in [4.78, 5) is 0. The van der Waals surface area contributed by atoms with Gasteiger partial charge >= 0.3 is 0 Å². The lowest BCUT2D eigenvalue weighted by atomic mass is 9.95. The van der Waals surface area contributed by atoms with Crippen LogP contribution in [0.2, 0.25) is 5.02 Å². The molecule has 2 aromatic carbocycles. The van der Waals surface area contributed by atoms with E-state index in [1.165, 1.54) is 0 Å². The maximum atomic E-state index is 6.11. The second-order valence-corrected chi connectivity index (χ2v) is 5.48. The van der Waals surface area contributed by atoms with E-state index in [2.05, 4.69) is 5.16 Å². The van der Waals surface area contributed by atoms with Crippen LogP contribution in [0.25, 0.3) is 22.4 Å². The molecule has 0 bridgehead atoms. The molecule has 106 valence electrons. The maximum absolute atomic E-state index is 6.11. The molecule has 1 heterocycles. The van der Waals surface area contributed by atoms with Gasteiger partial charge in [0.05, 0.1) is 5.56 Å². The fourth-order valence-corrected chi connectivity index (χ4v) is 2.62. The quantitative estimate of drug-likeness (QED) is 0.735. The molecule has 0 spiro atoms. The lowest BCUT2D eigenvalue weighted by Crippen LogP contribution is -1.91. The SMILES string of the molecule is Cc1ccc(Cl)cc1-c1noc(N)c1-c1ccccc1C. The van der Waals surface area contributed by atoms with E-state index >= 15 is 0 Å². The summed E-state index contributed by atoms with van der Waals surface area (Å²) in [5.41, 5.74) is 11.7. The molecule has 3 rings (SSSR count). The molecule has 4 heteroatoms. The number of rotatable bonds is 2. The second kappa shape index (κ2) is 5.26. The van der Waals surface area contributed by atoms with Gasteiger partial charge in [0.25, 0.3) is 0 Å². The summed E-state index contributed by atoms with van der Waals surface area (Å²) < 4.78 is 5.24. The highest BCUT2D eigenvalue weighted by atomic mass is 35.5. The van der Waals surface area contributed by atoms with Crippen LogP contribution in [-0.4, -0.2) is 5.16 Å². The Morgan fingerprint density at radius 2 is 1.71 bits per heavy atom. The summed E-state index contributed by atoms with van der Waals surface area (Å²) in [6, 6.07) is 13.7. The Morgan fingerprint density at radius 1 is 1.00 bits per heavy atom. The van der Waals surface area contributed by atoms with Gasteiger partial charge in [0.15, 0.2) is 0 Å². The van der Waals surface area contributed by atoms with E-state index in [0.717, 1.165) is 33.5 Å². The van der Waals surface area contributed by atoms with Crippen molar-refractivity contribution in [2.24, 2.45) is 0 Å². The van der Waals surface area contributed by atoms with Crippen molar-refractivity contribution in [2.45, 2.75) is 13.8 Å². The molecule has 0 aliphatic heterocycles. The van der Waals surface area contributed by atoms with Gasteiger partial charge in [-0.1, -0.05) is 47.1 Å². The fraction of sp³-hybridized carbons (Fsp3) is 0.118. The van der Waals surface area contributed by atoms with E-state index < -0.39 is 0 Å². The van der Waals surface area contributed by atoms with Gasteiger partial charge in [-0.3, -0.25) is 0 Å². The minimum atomic E-state index is 0.318. The monoisotopic (exact) mass is 298 g/mol. The van der Waals surface area contributed by atoms with Gasteiger partial charge in [-0.15, -0.1) is 0 Å². The van der Waals surface area contributed by atoms with Gasteiger partial charge < -0.3 is 10.3 Å². The molecular formula is C17H15ClN2O. The zero-order chi connectivity index (χ0) is 15.0. The lowest BCUT2D eigenvalue weighted by Gasteiger charge is -2.08. The molecule has 0 amide bonds. The molecule has 0 saturated heterocycles. The first kappa shape index (κ1) is 13.7. The van der Waals surface area contributed by atoms with Crippen LogP contribution in [0, 0.1) is 13.8 Å². The first-order chi connectivity index (χ1) is 10.1. The van der Waals surface area contributed by atoms with Crippen LogP contribution in [0.4, 0.5) is 5.88 Å². The van der Waals surface area contributed by atoms with Crippen LogP contribution in [0.3, 0.4) is 0 Å². The second-order valence-electron chi connectivity index (χ2n) is 5.04. The van der Waals surface area contributed by atoms with Gasteiger partial charge in [-0.05, 0) is 42.7 Å². The molecule has 0 fully saturated rings. The van der Waals surface area contributed by atoms with Crippen molar-refractivity contribution in [3.63, 3.8) is 0 Å². The number of hydrogen-bond acceptors (Lipinski definition) is 3. The molecule has 0 saturated carbocycles. The minimum Gasteiger partial charge on any atom is -0.367 e. The lowest BCUT2D eigenvalue weighted by molar-refractivity contribution is 0.439. The van der Waals surface area contributed by atoms with Gasteiger partial charge in [0.1, 0.15) is 5.69 Å². The van der Waals surface area contributed by atoms with Crippen molar-refractivity contribution < 1.29 is 4.52 Å². The van der Waals surface area contributed by atoms with E-state index in [1.807, 2.05) is 56.3 Å². The molecular weight excluding hydrogens is 284 g/mol. The summed E-state index contributed by atoms with van der Waals surface area (Å²) in [5, 5.41) is 4.81. The molecule has 0 aliphatic rings. The van der Waals surface area contributed by atoms with Crippen LogP contribution in [-0.2, 0) is 0 Å². The third-order valence-corrected chi connectivity index (χ3v) is 3.82. The standard InChI is InChI=1S/C17H15ClN2O/c1-10-5-3-4-6-13(10)15-16(20-21-17(15)19)14-9-12(18)8-7-11(14)2/h3-9H,19H2,1-2H3. The third-order valence-electron chi connectivity index (χ3n) is 3.59. The topological polar surface area (TPSA) is 52.0 Å². The number of nitrogen functional groups attached to an aromatic ring is 1. The van der Waals surface area contributed by atoms with Gasteiger partial charge in [0, 0.05) is 10.6 Å². The van der Waals surface area contributed by atoms with Crippen LogP contribution < -0.4 is 5.73 Å². The van der Waals surface area contributed by atoms with Gasteiger partial charge in [0.2, 0.25) is 5.88 Å². The predicted octanol–water partition coefficient (Wildman–Crippen LogP) is 4.86. The number of nitrogens with zero attached hydrogens (tertiary/aromatic N) is 1. The highest BCUT2D eigenvalue weighted by Crippen LogP contribution is 2.39. The highest BCUT2D eigenvalue weighted by molar-refractivity contribution is 6.30. The van der Waals surface area contributed by atoms with E-state index in [0.29, 0.717) is 10.9 Å². The first-order valence-corrected chi connectivity index (χ1v) is 7.03. The van der Waals surface area contributed by atoms with E-state index in [4.69, 9.17) is 21.9 Å². The van der Waals surface area contributed by atoms with Crippen molar-refractivity contribution in [2.75, 3.05) is 5.73 Å². The Labute approximate surface area is 128 Å². The van der Waals surface area contributed by atoms with Crippen LogP contribution in [0.15, 0.2) is 47.0 Å². The Morgan fingerprint density at radius 3 is 2.48 bits per heavy atom. The van der Waals surface area contributed by atoms with Gasteiger partial charge in [-0.2, -0.15) is 0 Å². The molecule has 3 nitrogen and oxygen atoms in total. The van der Waals surface area contributed by atoms with Crippen molar-refractivity contribution in [3.8, 4) is 22.4 Å². The van der Waals surface area contributed by atoms with Crippen molar-refractivity contribution in [3.05, 3.63) is 58.6 Å². The summed E-state index contributed by atoms with van der Waals surface area (Å²) in [7, 11) is 0. The van der Waals surface area contributed by atoms with Crippen LogP contribution in [0.5, 0.6) is 0 Å². The number of nitrogens with two attached hydrogens (primary N) is 1. The Bertz CT molecular complexity index is 808. The number of benzene rings is 2. The predicted molar refractivity (Wildman–Crippen MR) is 86.3 cm³/mol. The average Bonchev–Trinajstić information content (AvgIpc) is 2.84. The van der Waals surface area contributed by atoms with Gasteiger partial charge in [-0.25, -0.2) is 0 Å². The first-order valence-electron chi connectivity index (χ1n) is 6.65. The third kappa shape index (κ3) is 2.41. The zero-order valence-electron chi connectivity index (χ0n) is 11.9. The number of aryl methyl sites for hydroxylation is 2.